The average molecular weight is 305 g/mol. The van der Waals surface area contributed by atoms with Gasteiger partial charge in [0.2, 0.25) is 0 Å². The Kier molecular flexibility index (Phi) is 6.72. The first-order valence-corrected chi connectivity index (χ1v) is 8.31. The van der Waals surface area contributed by atoms with E-state index < -0.39 is 0 Å². The topological polar surface area (TPSA) is 38.8 Å². The third-order valence-corrected chi connectivity index (χ3v) is 4.08. The first-order chi connectivity index (χ1) is 10.7. The molecule has 0 bridgehead atoms. The van der Waals surface area contributed by atoms with Crippen molar-refractivity contribution in [2.75, 3.05) is 33.4 Å². The molecule has 0 radical (unpaired) electrons. The fourth-order valence-electron chi connectivity index (χ4n) is 2.81. The summed E-state index contributed by atoms with van der Waals surface area (Å²) in [6, 6.07) is 5.45. The van der Waals surface area contributed by atoms with E-state index in [1.807, 2.05) is 25.1 Å². The molecule has 1 aromatic rings. The number of methoxy groups -OCH3 is 1. The van der Waals surface area contributed by atoms with E-state index in [1.54, 1.807) is 7.11 Å². The highest BCUT2D eigenvalue weighted by atomic mass is 16.5. The molecule has 0 aliphatic carbocycles. The number of likely N-dealkylation sites (tertiary alicyclic amines) is 1. The Morgan fingerprint density at radius 1 is 1.23 bits per heavy atom. The second kappa shape index (κ2) is 8.79. The van der Waals surface area contributed by atoms with Crippen molar-refractivity contribution >= 4 is 5.78 Å². The lowest BCUT2D eigenvalue weighted by molar-refractivity contribution is 0.0976. The zero-order valence-corrected chi connectivity index (χ0v) is 13.8. The summed E-state index contributed by atoms with van der Waals surface area (Å²) in [7, 11) is 1.63. The number of hydrogen-bond donors (Lipinski definition) is 0. The number of carbonyl (C=O) groups is 1. The summed E-state index contributed by atoms with van der Waals surface area (Å²) >= 11 is 0. The van der Waals surface area contributed by atoms with Gasteiger partial charge >= 0.3 is 0 Å². The first-order valence-electron chi connectivity index (χ1n) is 8.31. The van der Waals surface area contributed by atoms with Crippen LogP contribution in [-0.4, -0.2) is 44.0 Å². The minimum absolute atomic E-state index is 0.137. The molecule has 0 amide bonds. The average Bonchev–Trinajstić information content (AvgIpc) is 2.56. The number of nitrogens with zero attached hydrogens (tertiary/aromatic N) is 1. The normalized spacial score (nSPS) is 15.5. The van der Waals surface area contributed by atoms with Crippen molar-refractivity contribution in [2.24, 2.45) is 0 Å². The van der Waals surface area contributed by atoms with Gasteiger partial charge in [-0.05, 0) is 44.5 Å². The molecular weight excluding hydrogens is 278 g/mol. The SMILES string of the molecule is CCCC(=O)c1ccc(OC)cc1OCCN1CCCCC1. The van der Waals surface area contributed by atoms with Gasteiger partial charge in [0.15, 0.2) is 5.78 Å². The highest BCUT2D eigenvalue weighted by Gasteiger charge is 2.14. The summed E-state index contributed by atoms with van der Waals surface area (Å²) in [5, 5.41) is 0. The molecule has 0 spiro atoms. The van der Waals surface area contributed by atoms with Crippen molar-refractivity contribution < 1.29 is 14.3 Å². The highest BCUT2D eigenvalue weighted by molar-refractivity contribution is 5.98. The summed E-state index contributed by atoms with van der Waals surface area (Å²) in [6.45, 7) is 5.85. The summed E-state index contributed by atoms with van der Waals surface area (Å²) < 4.78 is 11.2. The van der Waals surface area contributed by atoms with E-state index in [2.05, 4.69) is 4.90 Å². The molecular formula is C18H27NO3. The largest absolute Gasteiger partial charge is 0.497 e. The molecule has 0 N–H and O–H groups in total. The number of rotatable bonds is 8. The minimum Gasteiger partial charge on any atom is -0.497 e. The van der Waals surface area contributed by atoms with Crippen molar-refractivity contribution in [3.05, 3.63) is 23.8 Å². The molecule has 1 aliphatic heterocycles. The summed E-state index contributed by atoms with van der Waals surface area (Å²) in [6.07, 6.45) is 5.29. The van der Waals surface area contributed by atoms with Crippen LogP contribution in [0.3, 0.4) is 0 Å². The molecule has 1 heterocycles. The van der Waals surface area contributed by atoms with Crippen molar-refractivity contribution in [1.29, 1.82) is 0 Å². The number of carbonyl (C=O) groups excluding carboxylic acids is 1. The van der Waals surface area contributed by atoms with Gasteiger partial charge in [0.25, 0.3) is 0 Å². The van der Waals surface area contributed by atoms with Gasteiger partial charge < -0.3 is 9.47 Å². The maximum absolute atomic E-state index is 12.2. The Labute approximate surface area is 133 Å². The molecule has 122 valence electrons. The standard InChI is InChI=1S/C18H27NO3/c1-3-7-17(20)16-9-8-15(21-2)14-18(16)22-13-12-19-10-5-4-6-11-19/h8-9,14H,3-7,10-13H2,1-2H3. The predicted octanol–water partition coefficient (Wildman–Crippen LogP) is 3.54. The van der Waals surface area contributed by atoms with Crippen molar-refractivity contribution in [1.82, 2.24) is 4.90 Å². The quantitative estimate of drug-likeness (QED) is 0.689. The Morgan fingerprint density at radius 3 is 2.68 bits per heavy atom. The van der Waals surface area contributed by atoms with Crippen LogP contribution in [-0.2, 0) is 0 Å². The molecule has 0 unspecified atom stereocenters. The van der Waals surface area contributed by atoms with E-state index in [9.17, 15) is 4.79 Å². The molecule has 1 saturated heterocycles. The van der Waals surface area contributed by atoms with Crippen molar-refractivity contribution in [3.8, 4) is 11.5 Å². The molecule has 4 nitrogen and oxygen atoms in total. The summed E-state index contributed by atoms with van der Waals surface area (Å²) in [5.74, 6) is 1.51. The van der Waals surface area contributed by atoms with E-state index >= 15 is 0 Å². The van der Waals surface area contributed by atoms with Crippen LogP contribution in [0.1, 0.15) is 49.4 Å². The van der Waals surface area contributed by atoms with Gasteiger partial charge in [0.05, 0.1) is 12.7 Å². The predicted molar refractivity (Wildman–Crippen MR) is 88.0 cm³/mol. The zero-order valence-electron chi connectivity index (χ0n) is 13.8. The monoisotopic (exact) mass is 305 g/mol. The van der Waals surface area contributed by atoms with E-state index in [1.165, 1.54) is 19.3 Å². The van der Waals surface area contributed by atoms with Crippen LogP contribution in [0.15, 0.2) is 18.2 Å². The molecule has 0 aromatic heterocycles. The second-order valence-corrected chi connectivity index (χ2v) is 5.79. The number of Topliss-reactive ketones (excluding diaryl/α,β-unsaturated/α-hetero) is 1. The smallest absolute Gasteiger partial charge is 0.166 e. The Bertz CT molecular complexity index is 481. The minimum atomic E-state index is 0.137. The number of benzene rings is 1. The van der Waals surface area contributed by atoms with Gasteiger partial charge in [-0.2, -0.15) is 0 Å². The third-order valence-electron chi connectivity index (χ3n) is 4.08. The Balaban J connectivity index is 1.98. The fourth-order valence-corrected chi connectivity index (χ4v) is 2.81. The molecule has 1 fully saturated rings. The van der Waals surface area contributed by atoms with E-state index in [0.29, 0.717) is 24.3 Å². The number of piperidine rings is 1. The molecule has 2 rings (SSSR count). The molecule has 1 aromatic carbocycles. The van der Waals surface area contributed by atoms with E-state index in [0.717, 1.165) is 31.8 Å². The Hall–Kier alpha value is -1.55. The number of hydrogen-bond acceptors (Lipinski definition) is 4. The third kappa shape index (κ3) is 4.73. The van der Waals surface area contributed by atoms with E-state index in [-0.39, 0.29) is 5.78 Å². The maximum atomic E-state index is 12.2. The van der Waals surface area contributed by atoms with Crippen LogP contribution in [0, 0.1) is 0 Å². The first kappa shape index (κ1) is 16.8. The van der Waals surface area contributed by atoms with Gasteiger partial charge in [-0.3, -0.25) is 9.69 Å². The lowest BCUT2D eigenvalue weighted by Crippen LogP contribution is -2.33. The van der Waals surface area contributed by atoms with Crippen molar-refractivity contribution in [3.63, 3.8) is 0 Å². The number of ether oxygens (including phenoxy) is 2. The van der Waals surface area contributed by atoms with Crippen LogP contribution in [0.4, 0.5) is 0 Å². The maximum Gasteiger partial charge on any atom is 0.166 e. The van der Waals surface area contributed by atoms with Crippen LogP contribution >= 0.6 is 0 Å². The molecule has 22 heavy (non-hydrogen) atoms. The van der Waals surface area contributed by atoms with Crippen LogP contribution < -0.4 is 9.47 Å². The van der Waals surface area contributed by atoms with Gasteiger partial charge in [0.1, 0.15) is 18.1 Å². The van der Waals surface area contributed by atoms with Gasteiger partial charge in [-0.1, -0.05) is 13.3 Å². The van der Waals surface area contributed by atoms with Gasteiger partial charge in [-0.25, -0.2) is 0 Å². The lowest BCUT2D eigenvalue weighted by atomic mass is 10.1. The lowest BCUT2D eigenvalue weighted by Gasteiger charge is -2.26. The van der Waals surface area contributed by atoms with Crippen molar-refractivity contribution in [2.45, 2.75) is 39.0 Å². The van der Waals surface area contributed by atoms with E-state index in [4.69, 9.17) is 9.47 Å². The molecule has 0 saturated carbocycles. The number of ketones is 1. The highest BCUT2D eigenvalue weighted by Crippen LogP contribution is 2.26. The summed E-state index contributed by atoms with van der Waals surface area (Å²) in [5.41, 5.74) is 0.668. The van der Waals surface area contributed by atoms with Crippen LogP contribution in [0.25, 0.3) is 0 Å². The summed E-state index contributed by atoms with van der Waals surface area (Å²) in [4.78, 5) is 14.6. The fraction of sp³-hybridized carbons (Fsp3) is 0.611. The van der Waals surface area contributed by atoms with Crippen LogP contribution in [0.5, 0.6) is 11.5 Å². The molecule has 4 heteroatoms. The molecule has 1 aliphatic rings. The molecule has 0 atom stereocenters. The van der Waals surface area contributed by atoms with Gasteiger partial charge in [-0.15, -0.1) is 0 Å². The van der Waals surface area contributed by atoms with Gasteiger partial charge in [0, 0.05) is 19.0 Å². The zero-order chi connectivity index (χ0) is 15.8. The van der Waals surface area contributed by atoms with Crippen LogP contribution in [0.2, 0.25) is 0 Å². The Morgan fingerprint density at radius 2 is 2.00 bits per heavy atom. The second-order valence-electron chi connectivity index (χ2n) is 5.79.